The third-order valence-electron chi connectivity index (χ3n) is 3.06. The summed E-state index contributed by atoms with van der Waals surface area (Å²) in [6, 6.07) is 7.32. The second-order valence-corrected chi connectivity index (χ2v) is 4.50. The standard InChI is InChI=1S/C14H14N4O3/c1-20-5-4-15-14(19)12-7-13(21-18-12)9-2-3-11-10(6-9)8-16-17-11/h2-3,6-8H,4-5H2,1H3,(H,15,19)(H,16,17). The van der Waals surface area contributed by atoms with Crippen molar-refractivity contribution in [1.82, 2.24) is 20.7 Å². The summed E-state index contributed by atoms with van der Waals surface area (Å²) in [7, 11) is 1.58. The maximum absolute atomic E-state index is 11.8. The second kappa shape index (κ2) is 5.76. The van der Waals surface area contributed by atoms with Gasteiger partial charge < -0.3 is 14.6 Å². The van der Waals surface area contributed by atoms with Gasteiger partial charge in [0, 0.05) is 30.7 Å². The number of methoxy groups -OCH3 is 1. The van der Waals surface area contributed by atoms with Crippen molar-refractivity contribution in [3.8, 4) is 11.3 Å². The summed E-state index contributed by atoms with van der Waals surface area (Å²) in [5.41, 5.74) is 2.02. The zero-order valence-electron chi connectivity index (χ0n) is 11.4. The average Bonchev–Trinajstić information content (AvgIpc) is 3.15. The number of hydrogen-bond acceptors (Lipinski definition) is 5. The van der Waals surface area contributed by atoms with Crippen LogP contribution in [-0.4, -0.2) is 41.5 Å². The Balaban J connectivity index is 1.79. The highest BCUT2D eigenvalue weighted by Crippen LogP contribution is 2.24. The van der Waals surface area contributed by atoms with Crippen molar-refractivity contribution in [2.45, 2.75) is 0 Å². The van der Waals surface area contributed by atoms with Gasteiger partial charge >= 0.3 is 0 Å². The molecule has 0 aliphatic rings. The van der Waals surface area contributed by atoms with Gasteiger partial charge in [0.15, 0.2) is 11.5 Å². The highest BCUT2D eigenvalue weighted by Gasteiger charge is 2.13. The number of carbonyl (C=O) groups excluding carboxylic acids is 1. The summed E-state index contributed by atoms with van der Waals surface area (Å²) in [4.78, 5) is 11.8. The largest absolute Gasteiger partial charge is 0.383 e. The van der Waals surface area contributed by atoms with Gasteiger partial charge in [-0.2, -0.15) is 5.10 Å². The van der Waals surface area contributed by atoms with Crippen molar-refractivity contribution in [3.05, 3.63) is 36.2 Å². The van der Waals surface area contributed by atoms with Crippen molar-refractivity contribution < 1.29 is 14.1 Å². The predicted octanol–water partition coefficient (Wildman–Crippen LogP) is 1.59. The number of carbonyl (C=O) groups is 1. The Morgan fingerprint density at radius 3 is 3.19 bits per heavy atom. The Labute approximate surface area is 120 Å². The molecule has 108 valence electrons. The molecule has 1 amide bonds. The first kappa shape index (κ1) is 13.3. The number of rotatable bonds is 5. The molecule has 0 saturated carbocycles. The number of nitrogens with one attached hydrogen (secondary N) is 2. The molecule has 0 aliphatic carbocycles. The zero-order valence-corrected chi connectivity index (χ0v) is 11.4. The third-order valence-corrected chi connectivity index (χ3v) is 3.06. The Morgan fingerprint density at radius 2 is 2.33 bits per heavy atom. The monoisotopic (exact) mass is 286 g/mol. The van der Waals surface area contributed by atoms with E-state index in [4.69, 9.17) is 9.26 Å². The predicted molar refractivity (Wildman–Crippen MR) is 75.8 cm³/mol. The molecule has 3 rings (SSSR count). The van der Waals surface area contributed by atoms with Crippen LogP contribution in [0.25, 0.3) is 22.2 Å². The van der Waals surface area contributed by atoms with Gasteiger partial charge in [0.1, 0.15) is 0 Å². The van der Waals surface area contributed by atoms with Crippen LogP contribution in [0.15, 0.2) is 35.0 Å². The number of ether oxygens (including phenoxy) is 1. The van der Waals surface area contributed by atoms with Gasteiger partial charge in [-0.25, -0.2) is 0 Å². The van der Waals surface area contributed by atoms with Gasteiger partial charge in [0.2, 0.25) is 0 Å². The fourth-order valence-corrected chi connectivity index (χ4v) is 1.97. The van der Waals surface area contributed by atoms with Gasteiger partial charge in [0.05, 0.1) is 18.3 Å². The zero-order chi connectivity index (χ0) is 14.7. The van der Waals surface area contributed by atoms with Crippen LogP contribution in [0.2, 0.25) is 0 Å². The maximum atomic E-state index is 11.8. The van der Waals surface area contributed by atoms with Crippen molar-refractivity contribution in [1.29, 1.82) is 0 Å². The van der Waals surface area contributed by atoms with Crippen LogP contribution < -0.4 is 5.32 Å². The smallest absolute Gasteiger partial charge is 0.273 e. The van der Waals surface area contributed by atoms with Crippen LogP contribution in [0.3, 0.4) is 0 Å². The number of aromatic amines is 1. The topological polar surface area (TPSA) is 93.0 Å². The minimum atomic E-state index is -0.286. The van der Waals surface area contributed by atoms with Crippen molar-refractivity contribution in [2.24, 2.45) is 0 Å². The lowest BCUT2D eigenvalue weighted by atomic mass is 10.1. The van der Waals surface area contributed by atoms with E-state index in [2.05, 4.69) is 20.7 Å². The third kappa shape index (κ3) is 2.77. The number of benzene rings is 1. The first-order valence-corrected chi connectivity index (χ1v) is 6.45. The Bertz CT molecular complexity index is 762. The molecule has 0 atom stereocenters. The van der Waals surface area contributed by atoms with E-state index in [1.54, 1.807) is 19.4 Å². The first-order valence-electron chi connectivity index (χ1n) is 6.45. The van der Waals surface area contributed by atoms with Crippen molar-refractivity contribution in [3.63, 3.8) is 0 Å². The van der Waals surface area contributed by atoms with Crippen LogP contribution in [0, 0.1) is 0 Å². The summed E-state index contributed by atoms with van der Waals surface area (Å²) in [5, 5.41) is 14.3. The number of fused-ring (bicyclic) bond motifs is 1. The number of H-pyrrole nitrogens is 1. The molecule has 7 nitrogen and oxygen atoms in total. The maximum Gasteiger partial charge on any atom is 0.273 e. The number of nitrogens with zero attached hydrogens (tertiary/aromatic N) is 2. The Morgan fingerprint density at radius 1 is 1.43 bits per heavy atom. The molecule has 1 aromatic carbocycles. The second-order valence-electron chi connectivity index (χ2n) is 4.50. The van der Waals surface area contributed by atoms with Crippen LogP contribution in [0.1, 0.15) is 10.5 Å². The molecule has 0 saturated heterocycles. The summed E-state index contributed by atoms with van der Waals surface area (Å²) < 4.78 is 10.1. The van der Waals surface area contributed by atoms with Crippen LogP contribution in [-0.2, 0) is 4.74 Å². The van der Waals surface area contributed by atoms with Crippen molar-refractivity contribution >= 4 is 16.8 Å². The molecule has 2 heterocycles. The molecule has 0 bridgehead atoms. The molecule has 2 aromatic heterocycles. The first-order chi connectivity index (χ1) is 10.3. The number of amides is 1. The highest BCUT2D eigenvalue weighted by molar-refractivity contribution is 5.93. The molecule has 0 spiro atoms. The van der Waals surface area contributed by atoms with E-state index in [0.29, 0.717) is 18.9 Å². The van der Waals surface area contributed by atoms with E-state index in [1.807, 2.05) is 18.2 Å². The SMILES string of the molecule is COCCNC(=O)c1cc(-c2ccc3[nH]ncc3c2)on1. The van der Waals surface area contributed by atoms with Gasteiger partial charge in [-0.1, -0.05) is 5.16 Å². The van der Waals surface area contributed by atoms with Crippen molar-refractivity contribution in [2.75, 3.05) is 20.3 Å². The van der Waals surface area contributed by atoms with Crippen LogP contribution in [0.5, 0.6) is 0 Å². The van der Waals surface area contributed by atoms with Gasteiger partial charge in [-0.3, -0.25) is 9.89 Å². The lowest BCUT2D eigenvalue weighted by Crippen LogP contribution is -2.27. The molecule has 2 N–H and O–H groups in total. The molecule has 0 unspecified atom stereocenters. The summed E-state index contributed by atoms with van der Waals surface area (Å²) in [6.45, 7) is 0.881. The van der Waals surface area contributed by atoms with Crippen LogP contribution >= 0.6 is 0 Å². The minimum absolute atomic E-state index is 0.244. The van der Waals surface area contributed by atoms with E-state index in [0.717, 1.165) is 16.5 Å². The Hall–Kier alpha value is -2.67. The molecular weight excluding hydrogens is 272 g/mol. The molecule has 0 aliphatic heterocycles. The molecule has 21 heavy (non-hydrogen) atoms. The van der Waals surface area contributed by atoms with Crippen LogP contribution in [0.4, 0.5) is 0 Å². The van der Waals surface area contributed by atoms with E-state index >= 15 is 0 Å². The van der Waals surface area contributed by atoms with E-state index in [1.165, 1.54) is 0 Å². The van der Waals surface area contributed by atoms with E-state index in [-0.39, 0.29) is 11.6 Å². The van der Waals surface area contributed by atoms with Gasteiger partial charge in [-0.05, 0) is 18.2 Å². The fraction of sp³-hybridized carbons (Fsp3) is 0.214. The molecule has 3 aromatic rings. The lowest BCUT2D eigenvalue weighted by molar-refractivity contribution is 0.0928. The number of hydrogen-bond donors (Lipinski definition) is 2. The lowest BCUT2D eigenvalue weighted by Gasteiger charge is -2.00. The minimum Gasteiger partial charge on any atom is -0.383 e. The molecule has 0 radical (unpaired) electrons. The summed E-state index contributed by atoms with van der Waals surface area (Å²) in [6.07, 6.45) is 1.73. The highest BCUT2D eigenvalue weighted by atomic mass is 16.5. The normalized spacial score (nSPS) is 10.9. The number of aromatic nitrogens is 3. The van der Waals surface area contributed by atoms with Gasteiger partial charge in [-0.15, -0.1) is 0 Å². The fourth-order valence-electron chi connectivity index (χ4n) is 1.97. The van der Waals surface area contributed by atoms with E-state index in [9.17, 15) is 4.79 Å². The summed E-state index contributed by atoms with van der Waals surface area (Å²) >= 11 is 0. The quantitative estimate of drug-likeness (QED) is 0.695. The molecular formula is C14H14N4O3. The average molecular weight is 286 g/mol. The van der Waals surface area contributed by atoms with E-state index < -0.39 is 0 Å². The van der Waals surface area contributed by atoms with Gasteiger partial charge in [0.25, 0.3) is 5.91 Å². The Kier molecular flexibility index (Phi) is 3.65. The molecule has 0 fully saturated rings. The molecule has 7 heteroatoms. The summed E-state index contributed by atoms with van der Waals surface area (Å²) in [5.74, 6) is 0.251.